The quantitative estimate of drug-likeness (QED) is 0.728. The number of halogens is 1. The molecule has 0 bridgehead atoms. The number of primary amides is 1. The van der Waals surface area contributed by atoms with Gasteiger partial charge in [-0.2, -0.15) is 0 Å². The van der Waals surface area contributed by atoms with Gasteiger partial charge in [-0.1, -0.05) is 22.9 Å². The summed E-state index contributed by atoms with van der Waals surface area (Å²) in [5, 5.41) is 0. The van der Waals surface area contributed by atoms with Crippen molar-refractivity contribution in [2.24, 2.45) is 5.73 Å². The number of amides is 2. The monoisotopic (exact) mass is 248 g/mol. The van der Waals surface area contributed by atoms with E-state index in [0.717, 1.165) is 0 Å². The van der Waals surface area contributed by atoms with Crippen LogP contribution in [0.2, 0.25) is 0 Å². The van der Waals surface area contributed by atoms with Crippen molar-refractivity contribution in [2.75, 3.05) is 6.54 Å². The van der Waals surface area contributed by atoms with Crippen LogP contribution in [0.1, 0.15) is 19.8 Å². The lowest BCUT2D eigenvalue weighted by Gasteiger charge is -2.23. The first-order valence-electron chi connectivity index (χ1n) is 4.29. The number of nitrogens with two attached hydrogens (primary N) is 1. The molecule has 0 radical (unpaired) electrons. The van der Waals surface area contributed by atoms with Crippen molar-refractivity contribution in [1.82, 2.24) is 4.90 Å². The van der Waals surface area contributed by atoms with E-state index in [4.69, 9.17) is 5.73 Å². The second-order valence-electron chi connectivity index (χ2n) is 3.17. The van der Waals surface area contributed by atoms with Crippen LogP contribution in [0.25, 0.3) is 0 Å². The molecule has 74 valence electrons. The molecule has 1 aliphatic heterocycles. The Labute approximate surface area is 85.6 Å². The summed E-state index contributed by atoms with van der Waals surface area (Å²) in [4.78, 5) is 24.1. The van der Waals surface area contributed by atoms with Gasteiger partial charge in [0.25, 0.3) is 0 Å². The number of likely N-dealkylation sites (tertiary alicyclic amines) is 1. The lowest BCUT2D eigenvalue weighted by atomic mass is 10.2. The summed E-state index contributed by atoms with van der Waals surface area (Å²) in [5.41, 5.74) is 5.19. The number of carbonyl (C=O) groups excluding carboxylic acids is 2. The fourth-order valence-corrected chi connectivity index (χ4v) is 2.15. The summed E-state index contributed by atoms with van der Waals surface area (Å²) in [6, 6.07) is -0.435. The van der Waals surface area contributed by atoms with Gasteiger partial charge in [-0.3, -0.25) is 9.59 Å². The maximum absolute atomic E-state index is 11.4. The molecule has 1 heterocycles. The normalized spacial score (nSPS) is 24.9. The number of rotatable bonds is 3. The van der Waals surface area contributed by atoms with E-state index < -0.39 is 11.9 Å². The van der Waals surface area contributed by atoms with Crippen LogP contribution in [0.5, 0.6) is 0 Å². The van der Waals surface area contributed by atoms with Gasteiger partial charge in [-0.05, 0) is 6.42 Å². The van der Waals surface area contributed by atoms with E-state index in [2.05, 4.69) is 15.9 Å². The molecule has 0 aromatic heterocycles. The first kappa shape index (κ1) is 10.5. The van der Waals surface area contributed by atoms with Gasteiger partial charge < -0.3 is 10.6 Å². The number of carbonyl (C=O) groups is 2. The summed E-state index contributed by atoms with van der Waals surface area (Å²) >= 11 is 3.35. The van der Waals surface area contributed by atoms with Gasteiger partial charge in [0.2, 0.25) is 11.8 Å². The summed E-state index contributed by atoms with van der Waals surface area (Å²) in [6.07, 6.45) is 1.05. The smallest absolute Gasteiger partial charge is 0.240 e. The SMILES string of the molecule is CC[C@@H](C(N)=O)N1CC(Br)CC1=O. The van der Waals surface area contributed by atoms with Crippen LogP contribution in [-0.4, -0.2) is 34.1 Å². The van der Waals surface area contributed by atoms with Gasteiger partial charge in [0, 0.05) is 17.8 Å². The molecule has 0 saturated carbocycles. The first-order chi connectivity index (χ1) is 6.06. The Kier molecular flexibility index (Phi) is 3.30. The van der Waals surface area contributed by atoms with Gasteiger partial charge in [0.05, 0.1) is 0 Å². The molecule has 1 unspecified atom stereocenters. The molecule has 2 atom stereocenters. The Morgan fingerprint density at radius 2 is 2.46 bits per heavy atom. The predicted molar refractivity (Wildman–Crippen MR) is 52.3 cm³/mol. The fourth-order valence-electron chi connectivity index (χ4n) is 1.56. The minimum Gasteiger partial charge on any atom is -0.368 e. The van der Waals surface area contributed by atoms with E-state index in [1.165, 1.54) is 0 Å². The van der Waals surface area contributed by atoms with Crippen molar-refractivity contribution < 1.29 is 9.59 Å². The van der Waals surface area contributed by atoms with Gasteiger partial charge in [-0.25, -0.2) is 0 Å². The topological polar surface area (TPSA) is 63.4 Å². The zero-order valence-electron chi connectivity index (χ0n) is 7.50. The second kappa shape index (κ2) is 4.09. The van der Waals surface area contributed by atoms with E-state index in [1.807, 2.05) is 6.92 Å². The van der Waals surface area contributed by atoms with Crippen molar-refractivity contribution in [3.63, 3.8) is 0 Å². The summed E-state index contributed by atoms with van der Waals surface area (Å²) < 4.78 is 0. The Balaban J connectivity index is 2.69. The third kappa shape index (κ3) is 2.21. The van der Waals surface area contributed by atoms with E-state index in [-0.39, 0.29) is 10.7 Å². The molecule has 1 saturated heterocycles. The average molecular weight is 249 g/mol. The minimum absolute atomic E-state index is 0.00697. The van der Waals surface area contributed by atoms with Gasteiger partial charge in [0.15, 0.2) is 0 Å². The summed E-state index contributed by atoms with van der Waals surface area (Å²) in [6.45, 7) is 2.44. The molecular weight excluding hydrogens is 236 g/mol. The molecule has 0 aliphatic carbocycles. The molecule has 13 heavy (non-hydrogen) atoms. The maximum atomic E-state index is 11.4. The highest BCUT2D eigenvalue weighted by molar-refractivity contribution is 9.09. The van der Waals surface area contributed by atoms with Crippen molar-refractivity contribution >= 4 is 27.7 Å². The van der Waals surface area contributed by atoms with Gasteiger partial charge in [0.1, 0.15) is 6.04 Å². The lowest BCUT2D eigenvalue weighted by Crippen LogP contribution is -2.45. The summed E-state index contributed by atoms with van der Waals surface area (Å²) in [7, 11) is 0. The van der Waals surface area contributed by atoms with Gasteiger partial charge in [-0.15, -0.1) is 0 Å². The fraction of sp³-hybridized carbons (Fsp3) is 0.750. The molecule has 1 fully saturated rings. The largest absolute Gasteiger partial charge is 0.368 e. The highest BCUT2D eigenvalue weighted by atomic mass is 79.9. The highest BCUT2D eigenvalue weighted by Gasteiger charge is 2.34. The third-order valence-corrected chi connectivity index (χ3v) is 2.82. The Hall–Kier alpha value is -0.580. The second-order valence-corrected chi connectivity index (χ2v) is 4.47. The Morgan fingerprint density at radius 3 is 2.77 bits per heavy atom. The molecule has 0 spiro atoms. The maximum Gasteiger partial charge on any atom is 0.240 e. The Morgan fingerprint density at radius 1 is 1.85 bits per heavy atom. The van der Waals surface area contributed by atoms with Crippen LogP contribution < -0.4 is 5.73 Å². The van der Waals surface area contributed by atoms with E-state index in [1.54, 1.807) is 4.90 Å². The average Bonchev–Trinajstić information content (AvgIpc) is 2.31. The van der Waals surface area contributed by atoms with Crippen LogP contribution >= 0.6 is 15.9 Å². The number of hydrogen-bond donors (Lipinski definition) is 1. The van der Waals surface area contributed by atoms with Gasteiger partial charge >= 0.3 is 0 Å². The highest BCUT2D eigenvalue weighted by Crippen LogP contribution is 2.21. The van der Waals surface area contributed by atoms with Crippen LogP contribution in [-0.2, 0) is 9.59 Å². The van der Waals surface area contributed by atoms with Crippen molar-refractivity contribution in [1.29, 1.82) is 0 Å². The Bertz CT molecular complexity index is 232. The molecule has 2 amide bonds. The molecule has 0 aromatic rings. The predicted octanol–water partition coefficient (Wildman–Crippen LogP) is 0.246. The van der Waals surface area contributed by atoms with Crippen molar-refractivity contribution in [3.05, 3.63) is 0 Å². The van der Waals surface area contributed by atoms with Crippen LogP contribution in [0.3, 0.4) is 0 Å². The number of hydrogen-bond acceptors (Lipinski definition) is 2. The molecule has 4 nitrogen and oxygen atoms in total. The van der Waals surface area contributed by atoms with E-state index in [9.17, 15) is 9.59 Å². The number of alkyl halides is 1. The minimum atomic E-state index is -0.435. The molecule has 1 rings (SSSR count). The summed E-state index contributed by atoms with van der Waals surface area (Å²) in [5.74, 6) is -0.412. The van der Waals surface area contributed by atoms with E-state index in [0.29, 0.717) is 19.4 Å². The van der Waals surface area contributed by atoms with Crippen LogP contribution in [0.15, 0.2) is 0 Å². The van der Waals surface area contributed by atoms with Crippen LogP contribution in [0, 0.1) is 0 Å². The van der Waals surface area contributed by atoms with Crippen LogP contribution in [0.4, 0.5) is 0 Å². The zero-order chi connectivity index (χ0) is 10.0. The molecule has 0 aromatic carbocycles. The molecule has 5 heteroatoms. The van der Waals surface area contributed by atoms with E-state index >= 15 is 0 Å². The zero-order valence-corrected chi connectivity index (χ0v) is 9.08. The van der Waals surface area contributed by atoms with Crippen molar-refractivity contribution in [2.45, 2.75) is 30.6 Å². The standard InChI is InChI=1S/C8H13BrN2O2/c1-2-6(8(10)13)11-4-5(9)3-7(11)12/h5-6H,2-4H2,1H3,(H2,10,13)/t5?,6-/m0/s1. The first-order valence-corrected chi connectivity index (χ1v) is 5.20. The molecule has 2 N–H and O–H groups in total. The number of nitrogens with zero attached hydrogens (tertiary/aromatic N) is 1. The lowest BCUT2D eigenvalue weighted by molar-refractivity contribution is -0.136. The third-order valence-electron chi connectivity index (χ3n) is 2.20. The molecule has 1 aliphatic rings. The van der Waals surface area contributed by atoms with Crippen molar-refractivity contribution in [3.8, 4) is 0 Å². The molecular formula is C8H13BrN2O2.